The van der Waals surface area contributed by atoms with Crippen molar-refractivity contribution in [3.8, 4) is 22.5 Å². The van der Waals surface area contributed by atoms with Crippen molar-refractivity contribution in [2.24, 2.45) is 0 Å². The third kappa shape index (κ3) is 6.13. The fraction of sp³-hybridized carbons (Fsp3) is 0.100. The van der Waals surface area contributed by atoms with Crippen LogP contribution in [0.1, 0.15) is 60.0 Å². The van der Waals surface area contributed by atoms with Gasteiger partial charge in [-0.1, -0.05) is 195 Å². The number of benzene rings is 9. The number of rotatable bonds is 8. The predicted octanol–water partition coefficient (Wildman–Crippen LogP) is 13.0. The number of nitrogens with zero attached hydrogens (tertiary/aromatic N) is 2. The highest BCUT2D eigenvalue weighted by atomic mass is 28.3. The van der Waals surface area contributed by atoms with Gasteiger partial charge in [0.2, 0.25) is 0 Å². The van der Waals surface area contributed by atoms with Gasteiger partial charge in [0, 0.05) is 32.9 Å². The molecule has 0 unspecified atom stereocenters. The van der Waals surface area contributed by atoms with E-state index in [1.807, 2.05) is 114 Å². The molecule has 0 saturated heterocycles. The Labute approximate surface area is 387 Å². The second-order valence-corrected chi connectivity index (χ2v) is 20.4. The van der Waals surface area contributed by atoms with E-state index in [9.17, 15) is 6.85 Å². The molecule has 1 aliphatic rings. The monoisotopic (exact) mass is 836 g/mol. The van der Waals surface area contributed by atoms with Gasteiger partial charge >= 0.3 is 0 Å². The zero-order valence-electron chi connectivity index (χ0n) is 46.4. The predicted molar refractivity (Wildman–Crippen MR) is 270 cm³/mol. The molecule has 1 aliphatic carbocycles. The molecule has 2 heterocycles. The molecular weight excluding hydrogens is 777 g/mol. The lowest BCUT2D eigenvalue weighted by Gasteiger charge is -2.35. The molecule has 63 heavy (non-hydrogen) atoms. The third-order valence-corrected chi connectivity index (χ3v) is 18.0. The zero-order valence-corrected chi connectivity index (χ0v) is 35.4. The highest BCUT2D eigenvalue weighted by Crippen LogP contribution is 2.42. The van der Waals surface area contributed by atoms with E-state index in [2.05, 4.69) is 36.4 Å². The molecule has 302 valence electrons. The first-order valence-corrected chi connectivity index (χ1v) is 23.7. The molecule has 9 aromatic carbocycles. The van der Waals surface area contributed by atoms with Crippen LogP contribution in [-0.4, -0.2) is 17.2 Å². The van der Waals surface area contributed by atoms with Gasteiger partial charge in [-0.2, -0.15) is 0 Å². The van der Waals surface area contributed by atoms with Gasteiger partial charge in [0.25, 0.3) is 0 Å². The molecule has 0 N–H and O–H groups in total. The first-order valence-electron chi connectivity index (χ1n) is 27.7. The highest BCUT2D eigenvalue weighted by Gasteiger charge is 2.41. The summed E-state index contributed by atoms with van der Waals surface area (Å²) in [7, 11) is -3.40. The number of para-hydroxylation sites is 2. The van der Waals surface area contributed by atoms with Crippen LogP contribution in [0.5, 0.6) is 0 Å². The van der Waals surface area contributed by atoms with Crippen molar-refractivity contribution < 1.29 is 16.4 Å². The largest absolute Gasteiger partial charge is 0.309 e. The quantitative estimate of drug-likeness (QED) is 0.107. The molecule has 3 heteroatoms. The Balaban J connectivity index is 1.12. The maximum atomic E-state index is 10.2. The average molecular weight is 837 g/mol. The van der Waals surface area contributed by atoms with Crippen molar-refractivity contribution in [1.82, 2.24) is 9.13 Å². The Kier molecular flexibility index (Phi) is 6.69. The van der Waals surface area contributed by atoms with Crippen LogP contribution in [0.2, 0.25) is 0 Å². The lowest BCUT2D eigenvalue weighted by molar-refractivity contribution is 0.445. The lowest BCUT2D eigenvalue weighted by atomic mass is 9.82. The van der Waals surface area contributed by atoms with Crippen molar-refractivity contribution >= 4 is 72.4 Å². The number of hydrogen-bond acceptors (Lipinski definition) is 0. The Morgan fingerprint density at radius 2 is 1.03 bits per heavy atom. The number of fused-ring (bicyclic) bond motifs is 6. The summed E-state index contributed by atoms with van der Waals surface area (Å²) in [4.78, 5) is 0. The summed E-state index contributed by atoms with van der Waals surface area (Å²) in [5, 5.41) is 6.05. The zero-order chi connectivity index (χ0) is 52.2. The fourth-order valence-corrected chi connectivity index (χ4v) is 15.2. The molecule has 0 aliphatic heterocycles. The Morgan fingerprint density at radius 1 is 0.413 bits per heavy atom. The maximum Gasteiger partial charge on any atom is 0.179 e. The summed E-state index contributed by atoms with van der Waals surface area (Å²) in [6.07, 6.45) is 5.65. The van der Waals surface area contributed by atoms with Crippen LogP contribution in [0.25, 0.3) is 66.1 Å². The van der Waals surface area contributed by atoms with Crippen LogP contribution in [0.3, 0.4) is 0 Å². The van der Waals surface area contributed by atoms with Gasteiger partial charge in [-0.05, 0) is 105 Å². The van der Waals surface area contributed by atoms with E-state index >= 15 is 0 Å². The van der Waals surface area contributed by atoms with Crippen molar-refractivity contribution in [1.29, 1.82) is 0 Å². The molecule has 2 nitrogen and oxygen atoms in total. The summed E-state index contributed by atoms with van der Waals surface area (Å²) in [5.74, 6) is 0.358. The average Bonchev–Trinajstić information content (AvgIpc) is 3.99. The molecule has 0 amide bonds. The second-order valence-electron chi connectivity index (χ2n) is 16.5. The first kappa shape index (κ1) is 27.0. The van der Waals surface area contributed by atoms with E-state index in [-0.39, 0.29) is 75.4 Å². The molecule has 0 bridgehead atoms. The van der Waals surface area contributed by atoms with Crippen LogP contribution < -0.4 is 20.7 Å². The van der Waals surface area contributed by atoms with E-state index < -0.39 is 38.3 Å². The SMILES string of the molecule is [2H]c1c([2H])c([2H])c(-c2cccc([Si](c3ccccc3)(c3ccccc3)c3ccc(-n4c5c([2H])c([2H])c([2H])c([2H])c5c5c([2H])c(-n6c7ccccc7c7c(C8CCCCC8)cccc76)c([2H])c([2H])c54)cc3)c2)c([2H])c1[2H]. The number of aromatic nitrogens is 2. The molecule has 0 atom stereocenters. The van der Waals surface area contributed by atoms with Crippen molar-refractivity contribution in [2.45, 2.75) is 38.0 Å². The molecule has 0 radical (unpaired) electrons. The second kappa shape index (κ2) is 15.6. The summed E-state index contributed by atoms with van der Waals surface area (Å²) >= 11 is 0. The number of hydrogen-bond donors (Lipinski definition) is 0. The van der Waals surface area contributed by atoms with E-state index in [1.165, 1.54) is 12.0 Å². The summed E-state index contributed by atoms with van der Waals surface area (Å²) in [6.45, 7) is 0. The van der Waals surface area contributed by atoms with Gasteiger partial charge in [-0.3, -0.25) is 0 Å². The van der Waals surface area contributed by atoms with Crippen LogP contribution in [0.15, 0.2) is 224 Å². The fourth-order valence-electron chi connectivity index (χ4n) is 10.5. The molecule has 12 rings (SSSR count). The first-order chi connectivity index (χ1) is 36.3. The van der Waals surface area contributed by atoms with Crippen LogP contribution in [-0.2, 0) is 0 Å². The topological polar surface area (TPSA) is 9.86 Å². The smallest absolute Gasteiger partial charge is 0.179 e. The molecule has 1 fully saturated rings. The summed E-state index contributed by atoms with van der Waals surface area (Å²) in [6, 6.07) is 45.5. The minimum absolute atomic E-state index is 0.0880. The minimum Gasteiger partial charge on any atom is -0.309 e. The Bertz CT molecular complexity index is 4060. The van der Waals surface area contributed by atoms with Crippen LogP contribution in [0.4, 0.5) is 0 Å². The Morgan fingerprint density at radius 3 is 1.81 bits per heavy atom. The van der Waals surface area contributed by atoms with Crippen molar-refractivity contribution in [2.75, 3.05) is 0 Å². The molecular formula is C60H48N2Si. The molecule has 11 aromatic rings. The lowest BCUT2D eigenvalue weighted by Crippen LogP contribution is -2.74. The van der Waals surface area contributed by atoms with E-state index in [1.54, 1.807) is 10.6 Å². The van der Waals surface area contributed by atoms with Gasteiger partial charge in [-0.15, -0.1) is 0 Å². The summed E-state index contributed by atoms with van der Waals surface area (Å²) < 4.78 is 113. The van der Waals surface area contributed by atoms with Gasteiger partial charge in [0.05, 0.1) is 38.5 Å². The normalized spacial score (nSPS) is 16.3. The molecule has 2 aromatic heterocycles. The van der Waals surface area contributed by atoms with E-state index in [0.717, 1.165) is 68.2 Å². The van der Waals surface area contributed by atoms with Crippen LogP contribution >= 0.6 is 0 Å². The van der Waals surface area contributed by atoms with Gasteiger partial charge < -0.3 is 9.13 Å². The summed E-state index contributed by atoms with van der Waals surface area (Å²) in [5.41, 5.74) is 4.20. The van der Waals surface area contributed by atoms with E-state index in [0.29, 0.717) is 17.2 Å². The standard InChI is InChI=1S/C60H48N2Si/c1-5-19-43(20-6-1)45-23-17-28-51(41-45)63(48-24-9-3-10-25-48,49-26-11-4-12-27-49)50-38-35-46(36-39-50)61-56-32-15-13-29-53(56)55-42-47(37-40-58(55)61)62-57-33-16-14-30-54(57)60-52(31-18-34-59(60)62)44-21-7-2-8-22-44/h1,3-6,9-20,23-42,44H,2,7-8,21-22H2/i1D,5D,6D,13D,15D,19D,20D,29D,32D,37D,40D,42D. The molecule has 1 saturated carbocycles. The van der Waals surface area contributed by atoms with Gasteiger partial charge in [-0.25, -0.2) is 0 Å². The maximum absolute atomic E-state index is 10.2. The van der Waals surface area contributed by atoms with Crippen molar-refractivity contribution in [3.05, 3.63) is 230 Å². The minimum atomic E-state index is -3.40. The highest BCUT2D eigenvalue weighted by molar-refractivity contribution is 7.19. The third-order valence-electron chi connectivity index (χ3n) is 13.2. The Hall–Kier alpha value is -7.20. The van der Waals surface area contributed by atoms with Gasteiger partial charge in [0.15, 0.2) is 8.07 Å². The molecule has 0 spiro atoms. The van der Waals surface area contributed by atoms with Crippen LogP contribution in [0, 0.1) is 0 Å². The van der Waals surface area contributed by atoms with Gasteiger partial charge in [0.1, 0.15) is 0 Å². The van der Waals surface area contributed by atoms with Crippen molar-refractivity contribution in [3.63, 3.8) is 0 Å². The van der Waals surface area contributed by atoms with E-state index in [4.69, 9.17) is 9.60 Å².